The lowest BCUT2D eigenvalue weighted by atomic mass is 10.2. The van der Waals surface area contributed by atoms with Crippen LogP contribution in [-0.4, -0.2) is 30.1 Å². The highest BCUT2D eigenvalue weighted by Crippen LogP contribution is 2.13. The van der Waals surface area contributed by atoms with Gasteiger partial charge in [-0.15, -0.1) is 0 Å². The van der Waals surface area contributed by atoms with E-state index in [1.165, 1.54) is 18.2 Å². The number of amides is 1. The summed E-state index contributed by atoms with van der Waals surface area (Å²) < 4.78 is 18.1. The summed E-state index contributed by atoms with van der Waals surface area (Å²) in [7, 11) is 0. The number of benzene rings is 1. The lowest BCUT2D eigenvalue weighted by molar-refractivity contribution is -0.138. The van der Waals surface area contributed by atoms with Crippen LogP contribution in [-0.2, 0) is 9.59 Å². The van der Waals surface area contributed by atoms with Gasteiger partial charge in [-0.2, -0.15) is 0 Å². The maximum atomic E-state index is 12.8. The van der Waals surface area contributed by atoms with Crippen LogP contribution in [0.5, 0.6) is 5.75 Å². The molecule has 1 aromatic rings. The molecule has 6 heteroatoms. The Labute approximate surface area is 104 Å². The summed E-state index contributed by atoms with van der Waals surface area (Å²) in [4.78, 5) is 21.7. The Bertz CT molecular complexity index is 436. The molecule has 1 atom stereocenters. The molecule has 0 aliphatic heterocycles. The van der Waals surface area contributed by atoms with Crippen LogP contribution in [0.25, 0.3) is 0 Å². The van der Waals surface area contributed by atoms with Gasteiger partial charge in [0, 0.05) is 6.07 Å². The van der Waals surface area contributed by atoms with E-state index in [-0.39, 0.29) is 6.61 Å². The van der Waals surface area contributed by atoms with Crippen LogP contribution in [0, 0.1) is 11.7 Å². The second kappa shape index (κ2) is 6.58. The number of rotatable bonds is 6. The van der Waals surface area contributed by atoms with Crippen molar-refractivity contribution in [3.05, 3.63) is 30.1 Å². The van der Waals surface area contributed by atoms with E-state index in [9.17, 15) is 14.0 Å². The van der Waals surface area contributed by atoms with Crippen LogP contribution < -0.4 is 10.1 Å². The summed E-state index contributed by atoms with van der Waals surface area (Å²) >= 11 is 0. The third kappa shape index (κ3) is 4.82. The van der Waals surface area contributed by atoms with Gasteiger partial charge in [0.2, 0.25) is 5.91 Å². The van der Waals surface area contributed by atoms with Crippen molar-refractivity contribution in [2.75, 3.05) is 13.2 Å². The van der Waals surface area contributed by atoms with Gasteiger partial charge >= 0.3 is 5.97 Å². The Morgan fingerprint density at radius 3 is 2.83 bits per heavy atom. The standard InChI is InChI=1S/C12H14FNO4/c1-8(12(17)14-6-11(15)16)7-18-10-4-2-3-9(13)5-10/h2-5,8H,6-7H2,1H3,(H,14,17)(H,15,16). The maximum absolute atomic E-state index is 12.8. The second-order valence-corrected chi connectivity index (χ2v) is 3.78. The van der Waals surface area contributed by atoms with Crippen LogP contribution in [0.15, 0.2) is 24.3 Å². The molecule has 2 N–H and O–H groups in total. The summed E-state index contributed by atoms with van der Waals surface area (Å²) in [6, 6.07) is 5.57. The topological polar surface area (TPSA) is 75.6 Å². The summed E-state index contributed by atoms with van der Waals surface area (Å²) in [6.45, 7) is 1.22. The fourth-order valence-electron chi connectivity index (χ4n) is 1.19. The van der Waals surface area contributed by atoms with E-state index in [1.54, 1.807) is 13.0 Å². The largest absolute Gasteiger partial charge is 0.493 e. The lowest BCUT2D eigenvalue weighted by Gasteiger charge is -2.12. The molecule has 0 heterocycles. The minimum atomic E-state index is -1.11. The Hall–Kier alpha value is -2.11. The highest BCUT2D eigenvalue weighted by molar-refractivity contribution is 5.82. The number of ether oxygens (including phenoxy) is 1. The number of carboxylic acids is 1. The minimum absolute atomic E-state index is 0.0505. The SMILES string of the molecule is CC(COc1cccc(F)c1)C(=O)NCC(=O)O. The van der Waals surface area contributed by atoms with Gasteiger partial charge < -0.3 is 15.2 Å². The summed E-state index contributed by atoms with van der Waals surface area (Å²) in [6.07, 6.45) is 0. The Morgan fingerprint density at radius 1 is 1.50 bits per heavy atom. The van der Waals surface area contributed by atoms with Gasteiger partial charge in [0.25, 0.3) is 0 Å². The molecule has 18 heavy (non-hydrogen) atoms. The summed E-state index contributed by atoms with van der Waals surface area (Å²) in [5, 5.41) is 10.6. The number of carbonyl (C=O) groups is 2. The molecule has 0 saturated heterocycles. The van der Waals surface area contributed by atoms with Gasteiger partial charge in [0.1, 0.15) is 18.1 Å². The molecule has 0 aliphatic carbocycles. The van der Waals surface area contributed by atoms with E-state index in [0.29, 0.717) is 5.75 Å². The fraction of sp³-hybridized carbons (Fsp3) is 0.333. The van der Waals surface area contributed by atoms with Crippen molar-refractivity contribution in [3.63, 3.8) is 0 Å². The first-order valence-corrected chi connectivity index (χ1v) is 5.37. The Kier molecular flexibility index (Phi) is 5.10. The van der Waals surface area contributed by atoms with Crippen LogP contribution in [0.2, 0.25) is 0 Å². The van der Waals surface area contributed by atoms with E-state index < -0.39 is 30.2 Å². The molecular formula is C12H14FNO4. The van der Waals surface area contributed by atoms with E-state index >= 15 is 0 Å². The van der Waals surface area contributed by atoms with Gasteiger partial charge in [0.15, 0.2) is 0 Å². The predicted molar refractivity (Wildman–Crippen MR) is 61.7 cm³/mol. The van der Waals surface area contributed by atoms with Crippen molar-refractivity contribution in [3.8, 4) is 5.75 Å². The van der Waals surface area contributed by atoms with E-state index in [1.807, 2.05) is 0 Å². The van der Waals surface area contributed by atoms with Crippen molar-refractivity contribution in [1.82, 2.24) is 5.32 Å². The number of hydrogen-bond donors (Lipinski definition) is 2. The van der Waals surface area contributed by atoms with Gasteiger partial charge in [-0.05, 0) is 12.1 Å². The fourth-order valence-corrected chi connectivity index (χ4v) is 1.19. The van der Waals surface area contributed by atoms with Crippen LogP contribution in [0.3, 0.4) is 0 Å². The number of carbonyl (C=O) groups excluding carboxylic acids is 1. The quantitative estimate of drug-likeness (QED) is 0.796. The first-order valence-electron chi connectivity index (χ1n) is 5.37. The first-order chi connectivity index (χ1) is 8.49. The molecule has 0 bridgehead atoms. The molecule has 1 aromatic carbocycles. The normalized spacial score (nSPS) is 11.7. The molecule has 1 rings (SSSR count). The molecule has 0 aromatic heterocycles. The molecule has 1 unspecified atom stereocenters. The highest BCUT2D eigenvalue weighted by Gasteiger charge is 2.14. The monoisotopic (exact) mass is 255 g/mol. The number of carboxylic acid groups (broad SMARTS) is 1. The van der Waals surface area contributed by atoms with Crippen LogP contribution in [0.1, 0.15) is 6.92 Å². The molecule has 0 aliphatic rings. The average molecular weight is 255 g/mol. The predicted octanol–water partition coefficient (Wildman–Crippen LogP) is 1.04. The third-order valence-corrected chi connectivity index (χ3v) is 2.16. The van der Waals surface area contributed by atoms with Crippen molar-refractivity contribution in [2.45, 2.75) is 6.92 Å². The zero-order chi connectivity index (χ0) is 13.5. The van der Waals surface area contributed by atoms with Crippen LogP contribution in [0.4, 0.5) is 4.39 Å². The second-order valence-electron chi connectivity index (χ2n) is 3.78. The Balaban J connectivity index is 2.38. The minimum Gasteiger partial charge on any atom is -0.493 e. The van der Waals surface area contributed by atoms with Crippen molar-refractivity contribution in [1.29, 1.82) is 0 Å². The first kappa shape index (κ1) is 14.0. The maximum Gasteiger partial charge on any atom is 0.322 e. The zero-order valence-corrected chi connectivity index (χ0v) is 9.85. The highest BCUT2D eigenvalue weighted by atomic mass is 19.1. The summed E-state index contributed by atoms with van der Waals surface area (Å²) in [5.74, 6) is -2.15. The molecule has 5 nitrogen and oxygen atoms in total. The van der Waals surface area contributed by atoms with Crippen molar-refractivity contribution < 1.29 is 23.8 Å². The molecule has 0 fully saturated rings. The number of hydrogen-bond acceptors (Lipinski definition) is 3. The van der Waals surface area contributed by atoms with Gasteiger partial charge in [-0.3, -0.25) is 9.59 Å². The van der Waals surface area contributed by atoms with E-state index in [0.717, 1.165) is 0 Å². The molecular weight excluding hydrogens is 241 g/mol. The number of halogens is 1. The lowest BCUT2D eigenvalue weighted by Crippen LogP contribution is -2.35. The summed E-state index contributed by atoms with van der Waals surface area (Å²) in [5.41, 5.74) is 0. The van der Waals surface area contributed by atoms with Gasteiger partial charge in [0.05, 0.1) is 12.5 Å². The van der Waals surface area contributed by atoms with Crippen molar-refractivity contribution in [2.24, 2.45) is 5.92 Å². The number of nitrogens with one attached hydrogen (secondary N) is 1. The molecule has 0 radical (unpaired) electrons. The van der Waals surface area contributed by atoms with Gasteiger partial charge in [-0.1, -0.05) is 13.0 Å². The molecule has 0 spiro atoms. The molecule has 1 amide bonds. The smallest absolute Gasteiger partial charge is 0.322 e. The Morgan fingerprint density at radius 2 is 2.22 bits per heavy atom. The average Bonchev–Trinajstić information content (AvgIpc) is 2.33. The third-order valence-electron chi connectivity index (χ3n) is 2.16. The van der Waals surface area contributed by atoms with E-state index in [4.69, 9.17) is 9.84 Å². The van der Waals surface area contributed by atoms with Gasteiger partial charge in [-0.25, -0.2) is 4.39 Å². The molecule has 98 valence electrons. The van der Waals surface area contributed by atoms with Crippen LogP contribution >= 0.6 is 0 Å². The zero-order valence-electron chi connectivity index (χ0n) is 9.85. The van der Waals surface area contributed by atoms with Crippen molar-refractivity contribution >= 4 is 11.9 Å². The van der Waals surface area contributed by atoms with E-state index in [2.05, 4.69) is 5.32 Å². The molecule has 0 saturated carbocycles. The number of aliphatic carboxylic acids is 1.